The number of hydrogen-bond acceptors (Lipinski definition) is 4. The molecule has 2 rings (SSSR count). The smallest absolute Gasteiger partial charge is 0.344 e. The van der Waals surface area contributed by atoms with Crippen LogP contribution in [0.3, 0.4) is 0 Å². The van der Waals surface area contributed by atoms with Gasteiger partial charge in [0.05, 0.1) is 5.02 Å². The minimum atomic E-state index is -1.03. The van der Waals surface area contributed by atoms with Crippen LogP contribution in [0.5, 0.6) is 17.4 Å². The molecule has 0 aliphatic heterocycles. The number of carboxylic acids is 1. The normalized spacial score (nSPS) is 11.8. The molecule has 2 aromatic rings. The molecule has 0 aliphatic rings. The van der Waals surface area contributed by atoms with Gasteiger partial charge < -0.3 is 14.6 Å². The van der Waals surface area contributed by atoms with Gasteiger partial charge in [-0.2, -0.15) is 0 Å². The molecule has 1 N–H and O–H groups in total. The molecule has 0 spiro atoms. The maximum absolute atomic E-state index is 10.7. The van der Waals surface area contributed by atoms with Gasteiger partial charge in [-0.25, -0.2) is 9.78 Å². The highest BCUT2D eigenvalue weighted by atomic mass is 35.5. The molecule has 0 bridgehead atoms. The van der Waals surface area contributed by atoms with Crippen molar-refractivity contribution in [1.82, 2.24) is 4.98 Å². The fourth-order valence-electron chi connectivity index (χ4n) is 1.43. The number of nitrogens with zero attached hydrogens (tertiary/aromatic N) is 1. The van der Waals surface area contributed by atoms with E-state index in [0.29, 0.717) is 21.5 Å². The number of hydrogen-bond donors (Lipinski definition) is 1. The predicted molar refractivity (Wildman–Crippen MR) is 78.5 cm³/mol. The van der Waals surface area contributed by atoms with Crippen LogP contribution >= 0.6 is 23.2 Å². The zero-order chi connectivity index (χ0) is 15.4. The van der Waals surface area contributed by atoms with E-state index in [4.69, 9.17) is 37.8 Å². The predicted octanol–water partition coefficient (Wildman–Crippen LogP) is 4.03. The minimum Gasteiger partial charge on any atom is -0.479 e. The summed E-state index contributed by atoms with van der Waals surface area (Å²) in [7, 11) is 0. The molecular weight excluding hydrogens is 317 g/mol. The van der Waals surface area contributed by atoms with Crippen molar-refractivity contribution < 1.29 is 19.4 Å². The lowest BCUT2D eigenvalue weighted by molar-refractivity contribution is -0.144. The van der Waals surface area contributed by atoms with Crippen LogP contribution in [0.15, 0.2) is 36.5 Å². The van der Waals surface area contributed by atoms with Crippen LogP contribution in [-0.2, 0) is 4.79 Å². The van der Waals surface area contributed by atoms with Crippen molar-refractivity contribution >= 4 is 29.2 Å². The van der Waals surface area contributed by atoms with E-state index in [1.165, 1.54) is 19.2 Å². The van der Waals surface area contributed by atoms with Gasteiger partial charge in [0.1, 0.15) is 16.5 Å². The summed E-state index contributed by atoms with van der Waals surface area (Å²) in [6, 6.07) is 7.96. The Kier molecular flexibility index (Phi) is 4.88. The number of rotatable bonds is 5. The number of carboxylic acid groups (broad SMARTS) is 1. The number of halogens is 2. The van der Waals surface area contributed by atoms with Gasteiger partial charge in [0.25, 0.3) is 0 Å². The van der Waals surface area contributed by atoms with Crippen molar-refractivity contribution in [2.45, 2.75) is 13.0 Å². The van der Waals surface area contributed by atoms with E-state index in [0.717, 1.165) is 0 Å². The van der Waals surface area contributed by atoms with E-state index in [1.807, 2.05) is 0 Å². The summed E-state index contributed by atoms with van der Waals surface area (Å²) in [5.74, 6) is 0.107. The Morgan fingerprint density at radius 2 is 1.86 bits per heavy atom. The number of aromatic nitrogens is 1. The highest BCUT2D eigenvalue weighted by molar-refractivity contribution is 6.35. The molecule has 0 radical (unpaired) electrons. The van der Waals surface area contributed by atoms with Gasteiger partial charge in [0, 0.05) is 6.20 Å². The Hall–Kier alpha value is -1.98. The second kappa shape index (κ2) is 6.65. The van der Waals surface area contributed by atoms with Gasteiger partial charge in [0.2, 0.25) is 5.88 Å². The van der Waals surface area contributed by atoms with Crippen LogP contribution in [0.25, 0.3) is 0 Å². The standard InChI is InChI=1S/C14H11Cl2NO4/c1-8(14(18)19)20-10-2-4-11(5-3-10)21-13-12(16)6-9(15)7-17-13/h2-8H,1H3,(H,18,19)/t8-/m1/s1. The van der Waals surface area contributed by atoms with Gasteiger partial charge >= 0.3 is 5.97 Å². The van der Waals surface area contributed by atoms with Crippen molar-refractivity contribution in [3.63, 3.8) is 0 Å². The lowest BCUT2D eigenvalue weighted by atomic mass is 10.3. The van der Waals surface area contributed by atoms with Crippen LogP contribution in [0.1, 0.15) is 6.92 Å². The van der Waals surface area contributed by atoms with Crippen LogP contribution in [-0.4, -0.2) is 22.2 Å². The molecule has 21 heavy (non-hydrogen) atoms. The van der Waals surface area contributed by atoms with E-state index in [-0.39, 0.29) is 5.88 Å². The van der Waals surface area contributed by atoms with Gasteiger partial charge in [0.15, 0.2) is 6.10 Å². The molecule has 1 atom stereocenters. The maximum atomic E-state index is 10.7. The van der Waals surface area contributed by atoms with Crippen LogP contribution in [0.4, 0.5) is 0 Å². The lowest BCUT2D eigenvalue weighted by Crippen LogP contribution is -2.22. The number of benzene rings is 1. The van der Waals surface area contributed by atoms with Crippen molar-refractivity contribution in [2.75, 3.05) is 0 Å². The topological polar surface area (TPSA) is 68.7 Å². The van der Waals surface area contributed by atoms with E-state index in [2.05, 4.69) is 4.98 Å². The van der Waals surface area contributed by atoms with E-state index in [1.54, 1.807) is 24.3 Å². The third kappa shape index (κ3) is 4.24. The summed E-state index contributed by atoms with van der Waals surface area (Å²) >= 11 is 11.7. The molecule has 0 saturated heterocycles. The summed E-state index contributed by atoms with van der Waals surface area (Å²) in [4.78, 5) is 14.7. The van der Waals surface area contributed by atoms with Gasteiger partial charge in [-0.15, -0.1) is 0 Å². The average Bonchev–Trinajstić information content (AvgIpc) is 2.43. The molecular formula is C14H11Cl2NO4. The second-order valence-corrected chi connectivity index (χ2v) is 4.96. The van der Waals surface area contributed by atoms with Crippen molar-refractivity contribution in [1.29, 1.82) is 0 Å². The fourth-order valence-corrected chi connectivity index (χ4v) is 1.85. The third-order valence-corrected chi connectivity index (χ3v) is 2.95. The van der Waals surface area contributed by atoms with Gasteiger partial charge in [-0.05, 0) is 37.3 Å². The SMILES string of the molecule is C[C@@H](Oc1ccc(Oc2ncc(Cl)cc2Cl)cc1)C(=O)O. The molecule has 0 unspecified atom stereocenters. The molecule has 110 valence electrons. The monoisotopic (exact) mass is 327 g/mol. The highest BCUT2D eigenvalue weighted by Crippen LogP contribution is 2.29. The molecule has 0 saturated carbocycles. The Bertz CT molecular complexity index is 646. The zero-order valence-corrected chi connectivity index (χ0v) is 12.4. The van der Waals surface area contributed by atoms with Crippen molar-refractivity contribution in [2.24, 2.45) is 0 Å². The molecule has 0 fully saturated rings. The molecule has 1 aromatic heterocycles. The number of ether oxygens (including phenoxy) is 2. The van der Waals surface area contributed by atoms with Gasteiger partial charge in [-0.3, -0.25) is 0 Å². The van der Waals surface area contributed by atoms with Crippen LogP contribution < -0.4 is 9.47 Å². The van der Waals surface area contributed by atoms with Gasteiger partial charge in [-0.1, -0.05) is 23.2 Å². The number of pyridine rings is 1. The summed E-state index contributed by atoms with van der Waals surface area (Å²) < 4.78 is 10.7. The maximum Gasteiger partial charge on any atom is 0.344 e. The minimum absolute atomic E-state index is 0.230. The first-order valence-corrected chi connectivity index (χ1v) is 6.69. The Morgan fingerprint density at radius 1 is 1.24 bits per heavy atom. The quantitative estimate of drug-likeness (QED) is 0.897. The molecule has 0 aliphatic carbocycles. The van der Waals surface area contributed by atoms with E-state index < -0.39 is 12.1 Å². The van der Waals surface area contributed by atoms with Crippen molar-refractivity contribution in [3.05, 3.63) is 46.6 Å². The highest BCUT2D eigenvalue weighted by Gasteiger charge is 2.12. The van der Waals surface area contributed by atoms with Crippen LogP contribution in [0.2, 0.25) is 10.0 Å². The second-order valence-electron chi connectivity index (χ2n) is 4.11. The zero-order valence-electron chi connectivity index (χ0n) is 10.9. The van der Waals surface area contributed by atoms with Crippen molar-refractivity contribution in [3.8, 4) is 17.4 Å². The third-order valence-electron chi connectivity index (χ3n) is 2.47. The molecule has 5 nitrogen and oxygen atoms in total. The van der Waals surface area contributed by atoms with E-state index in [9.17, 15) is 4.79 Å². The first-order valence-electron chi connectivity index (χ1n) is 5.94. The first kappa shape index (κ1) is 15.4. The summed E-state index contributed by atoms with van der Waals surface area (Å²) in [6.07, 6.45) is 0.499. The first-order chi connectivity index (χ1) is 9.95. The van der Waals surface area contributed by atoms with Crippen LogP contribution in [0, 0.1) is 0 Å². The largest absolute Gasteiger partial charge is 0.479 e. The molecule has 0 amide bonds. The summed E-state index contributed by atoms with van der Waals surface area (Å²) in [5, 5.41) is 9.47. The Labute approximate surface area is 131 Å². The molecule has 7 heteroatoms. The lowest BCUT2D eigenvalue weighted by Gasteiger charge is -2.11. The Balaban J connectivity index is 2.07. The summed E-state index contributed by atoms with van der Waals surface area (Å²) in [6.45, 7) is 1.45. The fraction of sp³-hybridized carbons (Fsp3) is 0.143. The van der Waals surface area contributed by atoms with E-state index >= 15 is 0 Å². The Morgan fingerprint density at radius 3 is 2.43 bits per heavy atom. The number of aliphatic carboxylic acids is 1. The summed E-state index contributed by atoms with van der Waals surface area (Å²) in [5.41, 5.74) is 0. The average molecular weight is 328 g/mol. The molecule has 1 heterocycles. The number of carbonyl (C=O) groups is 1. The molecule has 1 aromatic carbocycles.